The minimum absolute atomic E-state index is 0.287. The molecule has 1 amide bonds. The molecular formula is C13H24ClNOS. The number of hydrogen-bond donors (Lipinski definition) is 0. The van der Waals surface area contributed by atoms with Crippen LogP contribution in [0.2, 0.25) is 0 Å². The molecule has 100 valence electrons. The molecule has 1 unspecified atom stereocenters. The summed E-state index contributed by atoms with van der Waals surface area (Å²) in [6.07, 6.45) is 8.24. The molecule has 0 saturated carbocycles. The van der Waals surface area contributed by atoms with Gasteiger partial charge in [-0.05, 0) is 39.0 Å². The van der Waals surface area contributed by atoms with Gasteiger partial charge in [0, 0.05) is 24.2 Å². The summed E-state index contributed by atoms with van der Waals surface area (Å²) >= 11 is 7.12. The van der Waals surface area contributed by atoms with Crippen LogP contribution in [-0.4, -0.2) is 34.4 Å². The standard InChI is InChI=1S/C13H24ClNOS/c1-12-8-4-6-10-15(12)13(16)17-11-7-3-2-5-9-14/h12H,2-11H2,1H3. The number of thioether (sulfide) groups is 1. The molecular weight excluding hydrogens is 254 g/mol. The van der Waals surface area contributed by atoms with Crippen molar-refractivity contribution in [1.29, 1.82) is 0 Å². The van der Waals surface area contributed by atoms with Gasteiger partial charge in [0.05, 0.1) is 0 Å². The van der Waals surface area contributed by atoms with Crippen LogP contribution in [0, 0.1) is 0 Å². The van der Waals surface area contributed by atoms with Gasteiger partial charge in [0.1, 0.15) is 0 Å². The highest BCUT2D eigenvalue weighted by Gasteiger charge is 2.22. The van der Waals surface area contributed by atoms with Gasteiger partial charge in [0.2, 0.25) is 0 Å². The molecule has 2 nitrogen and oxygen atoms in total. The van der Waals surface area contributed by atoms with E-state index in [1.165, 1.54) is 43.9 Å². The van der Waals surface area contributed by atoms with Gasteiger partial charge in [0.25, 0.3) is 5.24 Å². The highest BCUT2D eigenvalue weighted by atomic mass is 35.5. The second kappa shape index (κ2) is 9.09. The molecule has 0 N–H and O–H groups in total. The lowest BCUT2D eigenvalue weighted by molar-refractivity contribution is 0.181. The third-order valence-electron chi connectivity index (χ3n) is 3.29. The number of halogens is 1. The van der Waals surface area contributed by atoms with Crippen LogP contribution < -0.4 is 0 Å². The maximum absolute atomic E-state index is 12.0. The molecule has 1 aliphatic heterocycles. The summed E-state index contributed by atoms with van der Waals surface area (Å²) in [4.78, 5) is 14.0. The number of likely N-dealkylation sites (tertiary alicyclic amines) is 1. The van der Waals surface area contributed by atoms with Gasteiger partial charge in [-0.2, -0.15) is 0 Å². The molecule has 1 rings (SSSR count). The van der Waals surface area contributed by atoms with E-state index in [4.69, 9.17) is 11.6 Å². The van der Waals surface area contributed by atoms with E-state index in [0.717, 1.165) is 31.0 Å². The number of unbranched alkanes of at least 4 members (excludes halogenated alkanes) is 3. The van der Waals surface area contributed by atoms with Crippen LogP contribution in [-0.2, 0) is 0 Å². The zero-order valence-corrected chi connectivity index (χ0v) is 12.4. The van der Waals surface area contributed by atoms with E-state index in [1.54, 1.807) is 0 Å². The van der Waals surface area contributed by atoms with Crippen LogP contribution in [0.25, 0.3) is 0 Å². The van der Waals surface area contributed by atoms with Crippen molar-refractivity contribution >= 4 is 28.6 Å². The monoisotopic (exact) mass is 277 g/mol. The quantitative estimate of drug-likeness (QED) is 0.526. The minimum atomic E-state index is 0.287. The first kappa shape index (κ1) is 15.2. The molecule has 4 heteroatoms. The van der Waals surface area contributed by atoms with Crippen LogP contribution in [0.1, 0.15) is 51.9 Å². The van der Waals surface area contributed by atoms with Crippen molar-refractivity contribution < 1.29 is 4.79 Å². The number of amides is 1. The minimum Gasteiger partial charge on any atom is -0.331 e. The van der Waals surface area contributed by atoms with Gasteiger partial charge in [-0.3, -0.25) is 4.79 Å². The molecule has 1 atom stereocenters. The van der Waals surface area contributed by atoms with Crippen LogP contribution >= 0.6 is 23.4 Å². The molecule has 0 aromatic heterocycles. The van der Waals surface area contributed by atoms with E-state index >= 15 is 0 Å². The number of carbonyl (C=O) groups excluding carboxylic acids is 1. The van der Waals surface area contributed by atoms with Gasteiger partial charge in [-0.15, -0.1) is 11.6 Å². The van der Waals surface area contributed by atoms with E-state index in [0.29, 0.717) is 6.04 Å². The van der Waals surface area contributed by atoms with E-state index in [2.05, 4.69) is 6.92 Å². The topological polar surface area (TPSA) is 20.3 Å². The van der Waals surface area contributed by atoms with Crippen molar-refractivity contribution in [1.82, 2.24) is 4.90 Å². The van der Waals surface area contributed by atoms with E-state index in [-0.39, 0.29) is 5.24 Å². The van der Waals surface area contributed by atoms with Crippen molar-refractivity contribution in [2.24, 2.45) is 0 Å². The number of rotatable bonds is 6. The van der Waals surface area contributed by atoms with Crippen molar-refractivity contribution in [2.75, 3.05) is 18.2 Å². The fourth-order valence-corrected chi connectivity index (χ4v) is 3.31. The number of nitrogens with zero attached hydrogens (tertiary/aromatic N) is 1. The summed E-state index contributed by atoms with van der Waals surface area (Å²) in [5.74, 6) is 1.72. The number of alkyl halides is 1. The molecule has 1 saturated heterocycles. The third kappa shape index (κ3) is 6.01. The van der Waals surface area contributed by atoms with Crippen LogP contribution in [0.4, 0.5) is 4.79 Å². The van der Waals surface area contributed by atoms with Crippen molar-refractivity contribution in [2.45, 2.75) is 57.9 Å². The summed E-state index contributed by atoms with van der Waals surface area (Å²) in [5, 5.41) is 0.287. The van der Waals surface area contributed by atoms with Crippen molar-refractivity contribution in [3.8, 4) is 0 Å². The maximum Gasteiger partial charge on any atom is 0.281 e. The Morgan fingerprint density at radius 2 is 2.06 bits per heavy atom. The van der Waals surface area contributed by atoms with E-state index in [1.807, 2.05) is 4.90 Å². The highest BCUT2D eigenvalue weighted by molar-refractivity contribution is 8.13. The van der Waals surface area contributed by atoms with Crippen molar-refractivity contribution in [3.63, 3.8) is 0 Å². The van der Waals surface area contributed by atoms with Crippen LogP contribution in [0.15, 0.2) is 0 Å². The Kier molecular flexibility index (Phi) is 8.12. The van der Waals surface area contributed by atoms with Gasteiger partial charge in [0.15, 0.2) is 0 Å². The average Bonchev–Trinajstić information content (AvgIpc) is 2.34. The molecule has 1 heterocycles. The van der Waals surface area contributed by atoms with E-state index < -0.39 is 0 Å². The fraction of sp³-hybridized carbons (Fsp3) is 0.923. The highest BCUT2D eigenvalue weighted by Crippen LogP contribution is 2.21. The zero-order valence-electron chi connectivity index (χ0n) is 10.8. The normalized spacial score (nSPS) is 20.6. The molecule has 1 fully saturated rings. The molecule has 0 aliphatic carbocycles. The SMILES string of the molecule is CC1CCCCN1C(=O)SCCCCCCCl. The lowest BCUT2D eigenvalue weighted by Gasteiger charge is -2.32. The lowest BCUT2D eigenvalue weighted by atomic mass is 10.1. The van der Waals surface area contributed by atoms with Gasteiger partial charge in [-0.1, -0.05) is 24.6 Å². The lowest BCUT2D eigenvalue weighted by Crippen LogP contribution is -2.40. The molecule has 0 spiro atoms. The Morgan fingerprint density at radius 1 is 1.29 bits per heavy atom. The molecule has 0 aromatic rings. The van der Waals surface area contributed by atoms with Crippen LogP contribution in [0.5, 0.6) is 0 Å². The average molecular weight is 278 g/mol. The summed E-state index contributed by atoms with van der Waals surface area (Å²) in [6, 6.07) is 0.444. The summed E-state index contributed by atoms with van der Waals surface area (Å²) in [5.41, 5.74) is 0. The number of piperidine rings is 1. The Morgan fingerprint density at radius 3 is 2.76 bits per heavy atom. The maximum atomic E-state index is 12.0. The van der Waals surface area contributed by atoms with Gasteiger partial charge < -0.3 is 4.90 Å². The molecule has 1 aliphatic rings. The largest absolute Gasteiger partial charge is 0.331 e. The van der Waals surface area contributed by atoms with E-state index in [9.17, 15) is 4.79 Å². The van der Waals surface area contributed by atoms with Gasteiger partial charge >= 0.3 is 0 Å². The second-order valence-electron chi connectivity index (χ2n) is 4.76. The third-order valence-corrected chi connectivity index (χ3v) is 4.53. The first-order chi connectivity index (χ1) is 8.25. The smallest absolute Gasteiger partial charge is 0.281 e. The zero-order chi connectivity index (χ0) is 12.5. The van der Waals surface area contributed by atoms with Crippen LogP contribution in [0.3, 0.4) is 0 Å². The molecule has 0 bridgehead atoms. The molecule has 17 heavy (non-hydrogen) atoms. The molecule has 0 aromatic carbocycles. The fourth-order valence-electron chi connectivity index (χ4n) is 2.16. The Bertz CT molecular complexity index is 225. The number of carbonyl (C=O) groups is 1. The number of hydrogen-bond acceptors (Lipinski definition) is 2. The van der Waals surface area contributed by atoms with Crippen molar-refractivity contribution in [3.05, 3.63) is 0 Å². The molecule has 0 radical (unpaired) electrons. The first-order valence-corrected chi connectivity index (χ1v) is 8.27. The Labute approximate surface area is 114 Å². The van der Waals surface area contributed by atoms with Gasteiger partial charge in [-0.25, -0.2) is 0 Å². The Balaban J connectivity index is 2.07. The predicted molar refractivity (Wildman–Crippen MR) is 77.1 cm³/mol. The first-order valence-electron chi connectivity index (χ1n) is 6.75. The predicted octanol–water partition coefficient (Wildman–Crippen LogP) is 4.51. The Hall–Kier alpha value is 0.110. The summed E-state index contributed by atoms with van der Waals surface area (Å²) in [6.45, 7) is 3.12. The second-order valence-corrected chi connectivity index (χ2v) is 6.18. The summed E-state index contributed by atoms with van der Waals surface area (Å²) in [7, 11) is 0. The summed E-state index contributed by atoms with van der Waals surface area (Å²) < 4.78 is 0.